The second kappa shape index (κ2) is 13.5. The van der Waals surface area contributed by atoms with Crippen LogP contribution in [0.25, 0.3) is 0 Å². The number of rotatable bonds is 13. The maximum absolute atomic E-state index is 12.9. The van der Waals surface area contributed by atoms with Crippen LogP contribution in [0, 0.1) is 5.92 Å². The van der Waals surface area contributed by atoms with Crippen LogP contribution in [0.15, 0.2) is 0 Å². The van der Waals surface area contributed by atoms with E-state index in [0.717, 1.165) is 0 Å². The van der Waals surface area contributed by atoms with Crippen molar-refractivity contribution in [1.29, 1.82) is 0 Å². The molecule has 1 saturated heterocycles. The number of carbonyl (C=O) groups is 4. The molecule has 0 saturated carbocycles. The summed E-state index contributed by atoms with van der Waals surface area (Å²) in [5, 5.41) is 14.7. The number of hydrogen-bond donors (Lipinski definition) is 6. The van der Waals surface area contributed by atoms with E-state index in [9.17, 15) is 24.3 Å². The number of aliphatic carboxylic acids is 1. The Morgan fingerprint density at radius 1 is 1.16 bits per heavy atom. The zero-order valence-corrected chi connectivity index (χ0v) is 19.3. The van der Waals surface area contributed by atoms with E-state index in [0.29, 0.717) is 45.2 Å². The number of likely N-dealkylation sites (tertiary alicyclic amines) is 1. The van der Waals surface area contributed by atoms with Crippen LogP contribution in [-0.2, 0) is 19.2 Å². The molecule has 31 heavy (non-hydrogen) atoms. The summed E-state index contributed by atoms with van der Waals surface area (Å²) in [6, 6.07) is -3.47. The number of hydrogen-bond acceptors (Lipinski definition) is 7. The Balaban J connectivity index is 2.89. The van der Waals surface area contributed by atoms with Gasteiger partial charge in [0.2, 0.25) is 17.7 Å². The Morgan fingerprint density at radius 3 is 2.39 bits per heavy atom. The molecular formula is C20H37N5O5S. The maximum atomic E-state index is 12.9. The molecule has 1 aliphatic heterocycles. The Kier molecular flexibility index (Phi) is 11.9. The summed E-state index contributed by atoms with van der Waals surface area (Å²) in [6.07, 6.45) is 2.98. The van der Waals surface area contributed by atoms with Gasteiger partial charge in [0.1, 0.15) is 18.1 Å². The molecule has 4 atom stereocenters. The Bertz CT molecular complexity index is 633. The summed E-state index contributed by atoms with van der Waals surface area (Å²) in [5.41, 5.74) is 11.3. The summed E-state index contributed by atoms with van der Waals surface area (Å²) in [5.74, 6) is -2.23. The summed E-state index contributed by atoms with van der Waals surface area (Å²) >= 11 is 4.05. The molecule has 1 heterocycles. The third kappa shape index (κ3) is 8.66. The number of nitrogens with zero attached hydrogens (tertiary/aromatic N) is 1. The van der Waals surface area contributed by atoms with Crippen LogP contribution in [-0.4, -0.2) is 76.7 Å². The molecule has 7 N–H and O–H groups in total. The van der Waals surface area contributed by atoms with E-state index in [-0.39, 0.29) is 24.0 Å². The van der Waals surface area contributed by atoms with Crippen LogP contribution in [0.4, 0.5) is 0 Å². The fourth-order valence-corrected chi connectivity index (χ4v) is 3.75. The third-order valence-electron chi connectivity index (χ3n) is 5.25. The first-order valence-corrected chi connectivity index (χ1v) is 11.5. The highest BCUT2D eigenvalue weighted by Gasteiger charge is 2.37. The summed E-state index contributed by atoms with van der Waals surface area (Å²) in [6.45, 7) is 4.59. The lowest BCUT2D eigenvalue weighted by atomic mass is 10.0. The van der Waals surface area contributed by atoms with Gasteiger partial charge < -0.3 is 32.1 Å². The van der Waals surface area contributed by atoms with Crippen molar-refractivity contribution in [3.8, 4) is 0 Å². The highest BCUT2D eigenvalue weighted by molar-refractivity contribution is 7.80. The second-order valence-electron chi connectivity index (χ2n) is 8.35. The fourth-order valence-electron chi connectivity index (χ4n) is 3.59. The third-order valence-corrected chi connectivity index (χ3v) is 5.65. The van der Waals surface area contributed by atoms with Crippen LogP contribution in [0.2, 0.25) is 0 Å². The molecule has 0 radical (unpaired) electrons. The Labute approximate surface area is 189 Å². The van der Waals surface area contributed by atoms with Gasteiger partial charge in [-0.3, -0.25) is 14.4 Å². The normalized spacial score (nSPS) is 19.0. The average Bonchev–Trinajstić information content (AvgIpc) is 3.20. The van der Waals surface area contributed by atoms with Crippen molar-refractivity contribution in [2.24, 2.45) is 17.4 Å². The van der Waals surface area contributed by atoms with Crippen LogP contribution in [0.1, 0.15) is 52.4 Å². The van der Waals surface area contributed by atoms with Crippen LogP contribution >= 0.6 is 12.6 Å². The molecule has 10 nitrogen and oxygen atoms in total. The molecule has 3 amide bonds. The zero-order valence-electron chi connectivity index (χ0n) is 18.4. The summed E-state index contributed by atoms with van der Waals surface area (Å²) in [7, 11) is 0. The predicted molar refractivity (Wildman–Crippen MR) is 120 cm³/mol. The van der Waals surface area contributed by atoms with E-state index < -0.39 is 42.0 Å². The van der Waals surface area contributed by atoms with E-state index in [4.69, 9.17) is 11.5 Å². The molecule has 1 aliphatic rings. The lowest BCUT2D eigenvalue weighted by molar-refractivity contribution is -0.143. The minimum absolute atomic E-state index is 0.0702. The van der Waals surface area contributed by atoms with Crippen LogP contribution in [0.5, 0.6) is 0 Å². The first kappa shape index (κ1) is 27.2. The van der Waals surface area contributed by atoms with Gasteiger partial charge >= 0.3 is 5.97 Å². The number of carboxylic acid groups (broad SMARTS) is 1. The van der Waals surface area contributed by atoms with Gasteiger partial charge in [-0.25, -0.2) is 4.79 Å². The molecule has 0 bridgehead atoms. The van der Waals surface area contributed by atoms with Crippen molar-refractivity contribution in [2.45, 2.75) is 76.5 Å². The number of carbonyl (C=O) groups excluding carboxylic acids is 3. The molecule has 178 valence electrons. The molecule has 0 spiro atoms. The number of thiol groups is 1. The SMILES string of the molecule is CC(C)CC(NC(=O)C(CCCCN)NC(=O)C1CCCN1C(=O)C(N)CS)C(=O)O. The van der Waals surface area contributed by atoms with Crippen molar-refractivity contribution < 1.29 is 24.3 Å². The molecule has 0 aromatic rings. The van der Waals surface area contributed by atoms with Gasteiger partial charge in [0.05, 0.1) is 6.04 Å². The monoisotopic (exact) mass is 459 g/mol. The van der Waals surface area contributed by atoms with Crippen molar-refractivity contribution in [1.82, 2.24) is 15.5 Å². The maximum Gasteiger partial charge on any atom is 0.326 e. The Hall–Kier alpha value is -1.85. The van der Waals surface area contributed by atoms with Gasteiger partial charge in [-0.1, -0.05) is 13.8 Å². The molecule has 1 rings (SSSR count). The van der Waals surface area contributed by atoms with Crippen molar-refractivity contribution >= 4 is 36.3 Å². The average molecular weight is 460 g/mol. The van der Waals surface area contributed by atoms with Crippen molar-refractivity contribution in [3.05, 3.63) is 0 Å². The van der Waals surface area contributed by atoms with Crippen LogP contribution in [0.3, 0.4) is 0 Å². The zero-order chi connectivity index (χ0) is 23.6. The first-order valence-electron chi connectivity index (χ1n) is 10.8. The van der Waals surface area contributed by atoms with Gasteiger partial charge in [-0.2, -0.15) is 12.6 Å². The molecule has 0 aliphatic carbocycles. The number of carboxylic acids is 1. The smallest absolute Gasteiger partial charge is 0.326 e. The predicted octanol–water partition coefficient (Wildman–Crippen LogP) is -0.536. The molecule has 0 aromatic carbocycles. The molecular weight excluding hydrogens is 422 g/mol. The van der Waals surface area contributed by atoms with Gasteiger partial charge in [0, 0.05) is 12.3 Å². The minimum atomic E-state index is -1.12. The number of nitrogens with two attached hydrogens (primary N) is 2. The fraction of sp³-hybridized carbons (Fsp3) is 0.800. The number of unbranched alkanes of at least 4 members (excludes halogenated alkanes) is 1. The van der Waals surface area contributed by atoms with Gasteiger partial charge in [-0.15, -0.1) is 0 Å². The topological polar surface area (TPSA) is 168 Å². The van der Waals surface area contributed by atoms with E-state index in [1.165, 1.54) is 4.90 Å². The van der Waals surface area contributed by atoms with E-state index in [1.807, 2.05) is 13.8 Å². The number of nitrogens with one attached hydrogen (secondary N) is 2. The minimum Gasteiger partial charge on any atom is -0.480 e. The van der Waals surface area contributed by atoms with Crippen molar-refractivity contribution in [3.63, 3.8) is 0 Å². The van der Waals surface area contributed by atoms with Gasteiger partial charge in [-0.05, 0) is 51.0 Å². The lowest BCUT2D eigenvalue weighted by Gasteiger charge is -2.28. The summed E-state index contributed by atoms with van der Waals surface area (Å²) < 4.78 is 0. The first-order chi connectivity index (χ1) is 14.6. The van der Waals surface area contributed by atoms with E-state index in [2.05, 4.69) is 23.3 Å². The largest absolute Gasteiger partial charge is 0.480 e. The second-order valence-corrected chi connectivity index (χ2v) is 8.72. The molecule has 11 heteroatoms. The number of amides is 3. The van der Waals surface area contributed by atoms with Crippen LogP contribution < -0.4 is 22.1 Å². The van der Waals surface area contributed by atoms with E-state index >= 15 is 0 Å². The Morgan fingerprint density at radius 2 is 1.84 bits per heavy atom. The van der Waals surface area contributed by atoms with E-state index in [1.54, 1.807) is 0 Å². The molecule has 1 fully saturated rings. The van der Waals surface area contributed by atoms with Gasteiger partial charge in [0.15, 0.2) is 0 Å². The quantitative estimate of drug-likeness (QED) is 0.159. The highest BCUT2D eigenvalue weighted by Crippen LogP contribution is 2.19. The molecule has 4 unspecified atom stereocenters. The summed E-state index contributed by atoms with van der Waals surface area (Å²) in [4.78, 5) is 51.2. The van der Waals surface area contributed by atoms with Gasteiger partial charge in [0.25, 0.3) is 0 Å². The highest BCUT2D eigenvalue weighted by atomic mass is 32.1. The standard InChI is InChI=1S/C20H37N5O5S/c1-12(2)10-15(20(29)30)24-17(26)14(6-3-4-8-21)23-18(27)16-7-5-9-25(16)19(28)13(22)11-31/h12-16,31H,3-11,21-22H2,1-2H3,(H,23,27)(H,24,26)(H,29,30). The molecule has 0 aromatic heterocycles. The van der Waals surface area contributed by atoms with Crippen molar-refractivity contribution in [2.75, 3.05) is 18.8 Å². The lowest BCUT2D eigenvalue weighted by Crippen LogP contribution is -2.56.